The Balaban J connectivity index is 1.58. The molecule has 0 amide bonds. The minimum absolute atomic E-state index is 0.00698. The standard InChI is InChI=1S/C16H16F6N4O2/c17-15(18,19)10-4-12(25-5-8-7(3-13(27)28)9(8)6-25)24-14(23-10)26-2-1-11(26)16(20,21)22/h4,7-9,11H,1-3,5-6H2,(H,27,28)/t7-,8-,9+,11-/m0/s1. The molecule has 1 N–H and O–H groups in total. The zero-order valence-corrected chi connectivity index (χ0v) is 14.3. The van der Waals surface area contributed by atoms with Gasteiger partial charge in [0.1, 0.15) is 11.9 Å². The Morgan fingerprint density at radius 1 is 1.14 bits per heavy atom. The molecule has 6 nitrogen and oxygen atoms in total. The number of aromatic nitrogens is 2. The molecule has 1 aliphatic carbocycles. The zero-order chi connectivity index (χ0) is 20.4. The van der Waals surface area contributed by atoms with E-state index in [0.717, 1.165) is 11.0 Å². The summed E-state index contributed by atoms with van der Waals surface area (Å²) in [6.07, 6.45) is -9.61. The number of carbonyl (C=O) groups is 1. The fourth-order valence-electron chi connectivity index (χ4n) is 4.17. The SMILES string of the molecule is O=C(O)C[C@@H]1[C@H]2CN(c3cc(C(F)(F)F)nc(N4CC[C@H]4C(F)(F)F)n3)C[C@@H]12. The smallest absolute Gasteiger partial charge is 0.433 e. The lowest BCUT2D eigenvalue weighted by molar-refractivity contribution is -0.160. The van der Waals surface area contributed by atoms with Crippen LogP contribution in [0.2, 0.25) is 0 Å². The summed E-state index contributed by atoms with van der Waals surface area (Å²) in [7, 11) is 0. The summed E-state index contributed by atoms with van der Waals surface area (Å²) in [6.45, 7) is 0.592. The van der Waals surface area contributed by atoms with E-state index in [0.29, 0.717) is 13.1 Å². The molecule has 0 unspecified atom stereocenters. The van der Waals surface area contributed by atoms with Gasteiger partial charge in [0.2, 0.25) is 5.95 Å². The van der Waals surface area contributed by atoms with Crippen molar-refractivity contribution in [1.82, 2.24) is 9.97 Å². The van der Waals surface area contributed by atoms with Gasteiger partial charge in [0.25, 0.3) is 0 Å². The fourth-order valence-corrected chi connectivity index (χ4v) is 4.17. The lowest BCUT2D eigenvalue weighted by Gasteiger charge is -2.42. The van der Waals surface area contributed by atoms with E-state index in [1.54, 1.807) is 4.90 Å². The summed E-state index contributed by atoms with van der Waals surface area (Å²) in [4.78, 5) is 20.4. The van der Waals surface area contributed by atoms with Crippen molar-refractivity contribution >= 4 is 17.7 Å². The minimum Gasteiger partial charge on any atom is -0.481 e. The lowest BCUT2D eigenvalue weighted by Crippen LogP contribution is -2.56. The van der Waals surface area contributed by atoms with Gasteiger partial charge >= 0.3 is 18.3 Å². The Morgan fingerprint density at radius 2 is 1.79 bits per heavy atom. The molecule has 1 aromatic heterocycles. The second kappa shape index (κ2) is 6.11. The molecular weight excluding hydrogens is 394 g/mol. The largest absolute Gasteiger partial charge is 0.481 e. The molecule has 3 heterocycles. The maximum atomic E-state index is 13.2. The number of piperidine rings is 1. The highest BCUT2D eigenvalue weighted by atomic mass is 19.4. The molecule has 1 aromatic rings. The quantitative estimate of drug-likeness (QED) is 0.770. The third kappa shape index (κ3) is 3.32. The topological polar surface area (TPSA) is 69.6 Å². The van der Waals surface area contributed by atoms with Gasteiger partial charge in [0, 0.05) is 32.1 Å². The van der Waals surface area contributed by atoms with Crippen LogP contribution in [0.5, 0.6) is 0 Å². The lowest BCUT2D eigenvalue weighted by atomic mass is 10.0. The summed E-state index contributed by atoms with van der Waals surface area (Å²) >= 11 is 0. The van der Waals surface area contributed by atoms with Crippen molar-refractivity contribution in [1.29, 1.82) is 0 Å². The molecule has 0 bridgehead atoms. The van der Waals surface area contributed by atoms with E-state index in [1.165, 1.54) is 0 Å². The number of alkyl halides is 6. The van der Waals surface area contributed by atoms with Crippen molar-refractivity contribution in [3.63, 3.8) is 0 Å². The Bertz CT molecular complexity index is 786. The second-order valence-electron chi connectivity index (χ2n) is 7.44. The molecule has 4 rings (SSSR count). The molecule has 0 radical (unpaired) electrons. The van der Waals surface area contributed by atoms with Gasteiger partial charge in [-0.25, -0.2) is 4.98 Å². The molecule has 2 saturated heterocycles. The number of carboxylic acid groups (broad SMARTS) is 1. The van der Waals surface area contributed by atoms with Gasteiger partial charge in [0.05, 0.1) is 0 Å². The fraction of sp³-hybridized carbons (Fsp3) is 0.688. The van der Waals surface area contributed by atoms with Gasteiger partial charge in [-0.15, -0.1) is 0 Å². The van der Waals surface area contributed by atoms with E-state index in [9.17, 15) is 31.1 Å². The number of anilines is 2. The Labute approximate surface area is 155 Å². The van der Waals surface area contributed by atoms with E-state index < -0.39 is 36.0 Å². The minimum atomic E-state index is -4.82. The third-order valence-electron chi connectivity index (χ3n) is 5.75. The molecule has 2 aliphatic heterocycles. The van der Waals surface area contributed by atoms with Crippen LogP contribution in [-0.2, 0) is 11.0 Å². The van der Waals surface area contributed by atoms with Gasteiger partial charge in [0.15, 0.2) is 5.69 Å². The number of hydrogen-bond acceptors (Lipinski definition) is 5. The van der Waals surface area contributed by atoms with Crippen molar-refractivity contribution in [2.45, 2.75) is 31.2 Å². The van der Waals surface area contributed by atoms with Crippen LogP contribution < -0.4 is 9.80 Å². The molecule has 1 saturated carbocycles. The number of rotatable bonds is 4. The summed E-state index contributed by atoms with van der Waals surface area (Å²) in [6, 6.07) is -1.15. The second-order valence-corrected chi connectivity index (χ2v) is 7.44. The van der Waals surface area contributed by atoms with Crippen molar-refractivity contribution in [2.24, 2.45) is 17.8 Å². The Kier molecular flexibility index (Phi) is 4.16. The highest BCUT2D eigenvalue weighted by molar-refractivity contribution is 5.68. The molecular formula is C16H16F6N4O2. The zero-order valence-electron chi connectivity index (χ0n) is 14.3. The molecule has 0 spiro atoms. The van der Waals surface area contributed by atoms with Crippen molar-refractivity contribution < 1.29 is 36.2 Å². The van der Waals surface area contributed by atoms with Crippen molar-refractivity contribution in [3.8, 4) is 0 Å². The van der Waals surface area contributed by atoms with Crippen LogP contribution in [0.15, 0.2) is 6.07 Å². The number of carboxylic acids is 1. The summed E-state index contributed by atoms with van der Waals surface area (Å²) < 4.78 is 78.7. The van der Waals surface area contributed by atoms with E-state index in [-0.39, 0.29) is 43.0 Å². The normalized spacial score (nSPS) is 29.5. The van der Waals surface area contributed by atoms with Crippen LogP contribution >= 0.6 is 0 Å². The highest BCUT2D eigenvalue weighted by Crippen LogP contribution is 2.54. The average molecular weight is 410 g/mol. The predicted octanol–water partition coefficient (Wildman–Crippen LogP) is 2.79. The number of fused-ring (bicyclic) bond motifs is 1. The monoisotopic (exact) mass is 410 g/mol. The van der Waals surface area contributed by atoms with Gasteiger partial charge in [-0.1, -0.05) is 0 Å². The van der Waals surface area contributed by atoms with Crippen LogP contribution in [0.1, 0.15) is 18.5 Å². The molecule has 3 aliphatic rings. The van der Waals surface area contributed by atoms with E-state index in [2.05, 4.69) is 9.97 Å². The highest BCUT2D eigenvalue weighted by Gasteiger charge is 2.56. The molecule has 12 heteroatoms. The van der Waals surface area contributed by atoms with Crippen LogP contribution in [0, 0.1) is 17.8 Å². The van der Waals surface area contributed by atoms with Crippen LogP contribution in [-0.4, -0.2) is 52.9 Å². The average Bonchev–Trinajstić information content (AvgIpc) is 2.95. The third-order valence-corrected chi connectivity index (χ3v) is 5.75. The Morgan fingerprint density at radius 3 is 2.25 bits per heavy atom. The van der Waals surface area contributed by atoms with Crippen molar-refractivity contribution in [2.75, 3.05) is 29.4 Å². The van der Waals surface area contributed by atoms with Crippen LogP contribution in [0.25, 0.3) is 0 Å². The first-order valence-electron chi connectivity index (χ1n) is 8.71. The first kappa shape index (κ1) is 19.1. The van der Waals surface area contributed by atoms with Gasteiger partial charge in [-0.05, 0) is 24.2 Å². The molecule has 3 fully saturated rings. The first-order chi connectivity index (χ1) is 12.9. The Hall–Kier alpha value is -2.27. The van der Waals surface area contributed by atoms with Gasteiger partial charge in [-0.2, -0.15) is 31.3 Å². The summed E-state index contributed by atoms with van der Waals surface area (Å²) in [5, 5.41) is 8.85. The number of nitrogens with zero attached hydrogens (tertiary/aromatic N) is 4. The molecule has 154 valence electrons. The summed E-state index contributed by atoms with van der Waals surface area (Å²) in [5.74, 6) is -1.49. The predicted molar refractivity (Wildman–Crippen MR) is 83.8 cm³/mol. The maximum absolute atomic E-state index is 13.2. The van der Waals surface area contributed by atoms with E-state index >= 15 is 0 Å². The first-order valence-corrected chi connectivity index (χ1v) is 8.71. The summed E-state index contributed by atoms with van der Waals surface area (Å²) in [5.41, 5.74) is -1.29. The number of hydrogen-bond donors (Lipinski definition) is 1. The van der Waals surface area contributed by atoms with Crippen LogP contribution in [0.4, 0.5) is 38.1 Å². The van der Waals surface area contributed by atoms with Crippen LogP contribution in [0.3, 0.4) is 0 Å². The van der Waals surface area contributed by atoms with Gasteiger partial charge < -0.3 is 14.9 Å². The molecule has 4 atom stereocenters. The van der Waals surface area contributed by atoms with E-state index in [1.807, 2.05) is 0 Å². The molecule has 28 heavy (non-hydrogen) atoms. The van der Waals surface area contributed by atoms with Crippen molar-refractivity contribution in [3.05, 3.63) is 11.8 Å². The number of aliphatic carboxylic acids is 1. The maximum Gasteiger partial charge on any atom is 0.433 e. The molecule has 0 aromatic carbocycles. The number of halogens is 6. The van der Waals surface area contributed by atoms with Gasteiger partial charge in [-0.3, -0.25) is 4.79 Å². The van der Waals surface area contributed by atoms with E-state index in [4.69, 9.17) is 5.11 Å².